The van der Waals surface area contributed by atoms with E-state index in [1.807, 2.05) is 0 Å². The van der Waals surface area contributed by atoms with Gasteiger partial charge in [0.25, 0.3) is 0 Å². The van der Waals surface area contributed by atoms with Gasteiger partial charge in [-0.2, -0.15) is 0 Å². The predicted octanol–water partition coefficient (Wildman–Crippen LogP) is -2.76. The molecule has 2 aliphatic heterocycles. The number of aliphatic hydroxyl groups is 8. The minimum atomic E-state index is -1.91. The number of aliphatic hydroxyl groups excluding tert-OH is 8. The van der Waals surface area contributed by atoms with E-state index in [0.29, 0.717) is 0 Å². The number of methoxy groups -OCH3 is 1. The first-order valence-corrected chi connectivity index (χ1v) is 13.6. The largest absolute Gasteiger partial charge is 0.507 e. The summed E-state index contributed by atoms with van der Waals surface area (Å²) in [6.07, 6.45) is -16.8. The number of ether oxygens (including phenoxy) is 5. The third kappa shape index (κ3) is 5.98. The van der Waals surface area contributed by atoms with Crippen molar-refractivity contribution in [3.63, 3.8) is 0 Å². The SMILES string of the molecule is COc1cc(-c2oc3cc(O[C@H]4O[C@@H](CO)[C@H](O)[C@@H](O)[C@@H]4O)cc(O)c3c(=O)c2O[C@H]2O[C@@H](CO)[C@H](O)[C@@H](O)[C@@H]2O)ccc1O. The van der Waals surface area contributed by atoms with Gasteiger partial charge in [-0.1, -0.05) is 0 Å². The van der Waals surface area contributed by atoms with Crippen LogP contribution in [0.15, 0.2) is 39.5 Å². The van der Waals surface area contributed by atoms with Crippen molar-refractivity contribution in [2.24, 2.45) is 0 Å². The molecule has 3 aromatic rings. The summed E-state index contributed by atoms with van der Waals surface area (Å²) in [6.45, 7) is -1.50. The Bertz CT molecular complexity index is 1570. The van der Waals surface area contributed by atoms with E-state index in [2.05, 4.69) is 0 Å². The Kier molecular flexibility index (Phi) is 9.38. The van der Waals surface area contributed by atoms with Crippen LogP contribution < -0.4 is 19.6 Å². The molecule has 2 aromatic carbocycles. The second kappa shape index (κ2) is 12.9. The summed E-state index contributed by atoms with van der Waals surface area (Å²) in [7, 11) is 1.27. The molecule has 0 unspecified atom stereocenters. The Morgan fingerprint density at radius 1 is 0.733 bits per heavy atom. The third-order valence-corrected chi connectivity index (χ3v) is 7.53. The quantitative estimate of drug-likeness (QED) is 0.119. The van der Waals surface area contributed by atoms with E-state index >= 15 is 0 Å². The second-order valence-corrected chi connectivity index (χ2v) is 10.4. The van der Waals surface area contributed by atoms with Crippen molar-refractivity contribution in [3.05, 3.63) is 40.6 Å². The van der Waals surface area contributed by atoms with Crippen LogP contribution in [-0.4, -0.2) is 133 Å². The highest BCUT2D eigenvalue weighted by molar-refractivity contribution is 5.88. The van der Waals surface area contributed by atoms with Gasteiger partial charge in [0.1, 0.15) is 71.3 Å². The van der Waals surface area contributed by atoms with Crippen molar-refractivity contribution in [1.29, 1.82) is 0 Å². The lowest BCUT2D eigenvalue weighted by Crippen LogP contribution is -2.60. The Morgan fingerprint density at radius 2 is 1.31 bits per heavy atom. The first-order valence-electron chi connectivity index (χ1n) is 13.6. The van der Waals surface area contributed by atoms with E-state index in [9.17, 15) is 55.9 Å². The fourth-order valence-corrected chi connectivity index (χ4v) is 5.02. The minimum Gasteiger partial charge on any atom is -0.507 e. The summed E-state index contributed by atoms with van der Waals surface area (Å²) in [4.78, 5) is 13.8. The van der Waals surface area contributed by atoms with E-state index in [4.69, 9.17) is 28.1 Å². The molecular formula is C28H32O17. The third-order valence-electron chi connectivity index (χ3n) is 7.53. The van der Waals surface area contributed by atoms with Gasteiger partial charge in [0, 0.05) is 17.7 Å². The lowest BCUT2D eigenvalue weighted by Gasteiger charge is -2.39. The van der Waals surface area contributed by atoms with Crippen LogP contribution in [0.4, 0.5) is 0 Å². The van der Waals surface area contributed by atoms with Gasteiger partial charge >= 0.3 is 0 Å². The molecule has 2 fully saturated rings. The molecule has 3 heterocycles. The van der Waals surface area contributed by atoms with Crippen LogP contribution in [0.2, 0.25) is 0 Å². The molecule has 10 atom stereocenters. The standard InChI is InChI=1S/C28H32O17/c1-40-13-4-9(2-3-11(13)31)25-26(45-28-24(39)22(37)19(34)16(8-30)44-28)20(35)17-12(32)5-10(6-14(17)42-25)41-27-23(38)21(36)18(33)15(7-29)43-27/h2-6,15-16,18-19,21-24,27-34,36-39H,7-8H2,1H3/t15-,16-,18-,19-,21+,22+,23-,24-,27-,28+/m0/s1. The number of rotatable bonds is 8. The molecule has 10 N–H and O–H groups in total. The Hall–Kier alpha value is -3.75. The summed E-state index contributed by atoms with van der Waals surface area (Å²) in [6, 6.07) is 5.87. The molecule has 45 heavy (non-hydrogen) atoms. The first-order chi connectivity index (χ1) is 21.4. The number of aromatic hydroxyl groups is 2. The molecule has 17 heteroatoms. The van der Waals surface area contributed by atoms with Gasteiger partial charge in [-0.3, -0.25) is 4.79 Å². The molecular weight excluding hydrogens is 608 g/mol. The second-order valence-electron chi connectivity index (χ2n) is 10.4. The molecule has 5 rings (SSSR count). The van der Waals surface area contributed by atoms with Gasteiger partial charge < -0.3 is 79.2 Å². The first kappa shape index (κ1) is 32.6. The van der Waals surface area contributed by atoms with Crippen LogP contribution in [-0.2, 0) is 9.47 Å². The molecule has 0 bridgehead atoms. The van der Waals surface area contributed by atoms with Crippen LogP contribution in [0.5, 0.6) is 28.7 Å². The average molecular weight is 641 g/mol. The molecule has 0 spiro atoms. The van der Waals surface area contributed by atoms with Crippen molar-refractivity contribution in [2.75, 3.05) is 20.3 Å². The molecule has 1 aromatic heterocycles. The van der Waals surface area contributed by atoms with Gasteiger partial charge in [0.15, 0.2) is 17.3 Å². The predicted molar refractivity (Wildman–Crippen MR) is 147 cm³/mol. The Labute approximate surface area is 252 Å². The van der Waals surface area contributed by atoms with Crippen molar-refractivity contribution in [1.82, 2.24) is 0 Å². The van der Waals surface area contributed by atoms with Crippen LogP contribution >= 0.6 is 0 Å². The summed E-state index contributed by atoms with van der Waals surface area (Å²) < 4.78 is 33.1. The molecule has 246 valence electrons. The van der Waals surface area contributed by atoms with E-state index in [0.717, 1.165) is 12.1 Å². The molecule has 17 nitrogen and oxygen atoms in total. The molecule has 2 saturated heterocycles. The number of fused-ring (bicyclic) bond motifs is 1. The van der Waals surface area contributed by atoms with E-state index in [1.54, 1.807) is 0 Å². The van der Waals surface area contributed by atoms with Crippen molar-refractivity contribution in [3.8, 4) is 40.1 Å². The number of benzene rings is 2. The van der Waals surface area contributed by atoms with Gasteiger partial charge in [0.2, 0.25) is 23.8 Å². The fraction of sp³-hybridized carbons (Fsp3) is 0.464. The van der Waals surface area contributed by atoms with Gasteiger partial charge in [0.05, 0.1) is 20.3 Å². The molecule has 0 aliphatic carbocycles. The normalized spacial score (nSPS) is 31.9. The highest BCUT2D eigenvalue weighted by Gasteiger charge is 2.46. The van der Waals surface area contributed by atoms with Crippen LogP contribution in [0, 0.1) is 0 Å². The Balaban J connectivity index is 1.61. The van der Waals surface area contributed by atoms with Crippen LogP contribution in [0.25, 0.3) is 22.3 Å². The summed E-state index contributed by atoms with van der Waals surface area (Å²) >= 11 is 0. The maximum absolute atomic E-state index is 13.8. The summed E-state index contributed by atoms with van der Waals surface area (Å²) in [5.74, 6) is -2.30. The number of hydrogen-bond acceptors (Lipinski definition) is 17. The number of hydrogen-bond donors (Lipinski definition) is 10. The van der Waals surface area contributed by atoms with Gasteiger partial charge in [-0.15, -0.1) is 0 Å². The maximum Gasteiger partial charge on any atom is 0.239 e. The van der Waals surface area contributed by atoms with E-state index < -0.39 is 96.9 Å². The number of phenolic OH excluding ortho intramolecular Hbond substituents is 2. The monoisotopic (exact) mass is 640 g/mol. The molecule has 0 radical (unpaired) electrons. The maximum atomic E-state index is 13.8. The number of phenols is 2. The lowest BCUT2D eigenvalue weighted by molar-refractivity contribution is -0.277. The highest BCUT2D eigenvalue weighted by Crippen LogP contribution is 2.40. The fourth-order valence-electron chi connectivity index (χ4n) is 5.02. The van der Waals surface area contributed by atoms with Crippen LogP contribution in [0.3, 0.4) is 0 Å². The molecule has 0 saturated carbocycles. The van der Waals surface area contributed by atoms with Gasteiger partial charge in [-0.25, -0.2) is 0 Å². The highest BCUT2D eigenvalue weighted by atomic mass is 16.7. The Morgan fingerprint density at radius 3 is 1.87 bits per heavy atom. The molecule has 2 aliphatic rings. The minimum absolute atomic E-state index is 0.0448. The van der Waals surface area contributed by atoms with Crippen molar-refractivity contribution in [2.45, 2.75) is 61.4 Å². The van der Waals surface area contributed by atoms with Crippen LogP contribution in [0.1, 0.15) is 0 Å². The van der Waals surface area contributed by atoms with Crippen molar-refractivity contribution < 1.29 is 79.2 Å². The van der Waals surface area contributed by atoms with E-state index in [-0.39, 0.29) is 34.2 Å². The zero-order chi connectivity index (χ0) is 32.7. The zero-order valence-corrected chi connectivity index (χ0v) is 23.4. The average Bonchev–Trinajstić information content (AvgIpc) is 3.02. The summed E-state index contributed by atoms with van der Waals surface area (Å²) in [5, 5.41) is 101. The topological polar surface area (TPSA) is 279 Å². The van der Waals surface area contributed by atoms with Crippen molar-refractivity contribution >= 4 is 11.0 Å². The lowest BCUT2D eigenvalue weighted by atomic mass is 9.99. The van der Waals surface area contributed by atoms with E-state index in [1.165, 1.54) is 25.3 Å². The zero-order valence-electron chi connectivity index (χ0n) is 23.4. The molecule has 0 amide bonds. The summed E-state index contributed by atoms with van der Waals surface area (Å²) in [5.41, 5.74) is -1.27. The smallest absolute Gasteiger partial charge is 0.239 e. The van der Waals surface area contributed by atoms with Gasteiger partial charge in [-0.05, 0) is 18.2 Å².